The number of rotatable bonds is 1. The SMILES string of the molecule is CCN1CCOC1=NC#N. The number of nitrogens with zero attached hydrogens (tertiary/aromatic N) is 3. The molecular weight excluding hydrogens is 130 g/mol. The molecule has 0 bridgehead atoms. The topological polar surface area (TPSA) is 48.6 Å². The number of aliphatic imine (C=N–C) groups is 1. The minimum Gasteiger partial charge on any atom is -0.463 e. The molecule has 0 atom stereocenters. The highest BCUT2D eigenvalue weighted by Crippen LogP contribution is 2.01. The molecule has 0 aromatic carbocycles. The highest BCUT2D eigenvalue weighted by Gasteiger charge is 2.17. The van der Waals surface area contributed by atoms with E-state index in [1.165, 1.54) is 0 Å². The van der Waals surface area contributed by atoms with Crippen LogP contribution in [0.3, 0.4) is 0 Å². The molecule has 4 heteroatoms. The van der Waals surface area contributed by atoms with Gasteiger partial charge in [0.1, 0.15) is 6.61 Å². The van der Waals surface area contributed by atoms with Crippen molar-refractivity contribution in [3.05, 3.63) is 0 Å². The standard InChI is InChI=1S/C6H9N3O/c1-2-9-3-4-10-6(9)8-5-7/h2-4H2,1H3. The third kappa shape index (κ3) is 1.18. The molecule has 1 saturated heterocycles. The van der Waals surface area contributed by atoms with Crippen molar-refractivity contribution >= 4 is 6.02 Å². The number of ether oxygens (including phenoxy) is 1. The Kier molecular flexibility index (Phi) is 2.11. The smallest absolute Gasteiger partial charge is 0.302 e. The summed E-state index contributed by atoms with van der Waals surface area (Å²) in [6.07, 6.45) is 1.70. The van der Waals surface area contributed by atoms with E-state index in [1.807, 2.05) is 11.8 Å². The second-order valence-corrected chi connectivity index (χ2v) is 1.92. The maximum absolute atomic E-state index is 8.20. The van der Waals surface area contributed by atoms with Crippen LogP contribution in [0.1, 0.15) is 6.92 Å². The van der Waals surface area contributed by atoms with Gasteiger partial charge in [-0.05, 0) is 6.92 Å². The Bertz CT molecular complexity index is 182. The van der Waals surface area contributed by atoms with Crippen molar-refractivity contribution < 1.29 is 4.74 Å². The summed E-state index contributed by atoms with van der Waals surface area (Å²) in [5.41, 5.74) is 0. The van der Waals surface area contributed by atoms with E-state index in [4.69, 9.17) is 10.00 Å². The molecule has 1 aliphatic heterocycles. The summed E-state index contributed by atoms with van der Waals surface area (Å²) in [7, 11) is 0. The highest BCUT2D eigenvalue weighted by atomic mass is 16.5. The monoisotopic (exact) mass is 139 g/mol. The fourth-order valence-corrected chi connectivity index (χ4v) is 0.873. The van der Waals surface area contributed by atoms with Gasteiger partial charge in [-0.15, -0.1) is 4.99 Å². The van der Waals surface area contributed by atoms with Crippen molar-refractivity contribution in [2.24, 2.45) is 4.99 Å². The van der Waals surface area contributed by atoms with Gasteiger partial charge in [-0.2, -0.15) is 5.26 Å². The largest absolute Gasteiger partial charge is 0.463 e. The minimum absolute atomic E-state index is 0.463. The van der Waals surface area contributed by atoms with Gasteiger partial charge in [0.15, 0.2) is 0 Å². The Morgan fingerprint density at radius 1 is 1.90 bits per heavy atom. The van der Waals surface area contributed by atoms with Crippen LogP contribution in [0.15, 0.2) is 4.99 Å². The summed E-state index contributed by atoms with van der Waals surface area (Å²) in [5, 5.41) is 8.20. The predicted octanol–water partition coefficient (Wildman–Crippen LogP) is 0.176. The quantitative estimate of drug-likeness (QED) is 0.487. The molecule has 1 aliphatic rings. The van der Waals surface area contributed by atoms with Gasteiger partial charge in [-0.1, -0.05) is 0 Å². The molecule has 4 nitrogen and oxygen atoms in total. The molecule has 1 fully saturated rings. The predicted molar refractivity (Wildman–Crippen MR) is 36.2 cm³/mol. The minimum atomic E-state index is 0.463. The maximum atomic E-state index is 8.20. The number of nitriles is 1. The van der Waals surface area contributed by atoms with Crippen LogP contribution in [0.2, 0.25) is 0 Å². The Balaban J connectivity index is 2.60. The van der Waals surface area contributed by atoms with Crippen LogP contribution in [-0.4, -0.2) is 30.6 Å². The Morgan fingerprint density at radius 2 is 2.70 bits per heavy atom. The lowest BCUT2D eigenvalue weighted by Gasteiger charge is -2.09. The van der Waals surface area contributed by atoms with Crippen LogP contribution >= 0.6 is 0 Å². The van der Waals surface area contributed by atoms with Gasteiger partial charge in [0.05, 0.1) is 6.54 Å². The van der Waals surface area contributed by atoms with E-state index in [9.17, 15) is 0 Å². The van der Waals surface area contributed by atoms with Crippen molar-refractivity contribution in [3.63, 3.8) is 0 Å². The molecule has 0 unspecified atom stereocenters. The number of likely N-dealkylation sites (N-methyl/N-ethyl adjacent to an activating group) is 1. The molecule has 1 rings (SSSR count). The molecule has 0 aromatic rings. The Hall–Kier alpha value is -1.24. The zero-order chi connectivity index (χ0) is 7.40. The van der Waals surface area contributed by atoms with Gasteiger partial charge in [0.2, 0.25) is 6.19 Å². The van der Waals surface area contributed by atoms with Gasteiger partial charge in [-0.25, -0.2) is 0 Å². The van der Waals surface area contributed by atoms with Crippen molar-refractivity contribution in [3.8, 4) is 6.19 Å². The lowest BCUT2D eigenvalue weighted by Crippen LogP contribution is -2.24. The first kappa shape index (κ1) is 6.87. The summed E-state index contributed by atoms with van der Waals surface area (Å²) in [6, 6.07) is 0.463. The zero-order valence-electron chi connectivity index (χ0n) is 5.87. The van der Waals surface area contributed by atoms with E-state index in [0.29, 0.717) is 12.6 Å². The van der Waals surface area contributed by atoms with Gasteiger partial charge < -0.3 is 9.64 Å². The van der Waals surface area contributed by atoms with Crippen molar-refractivity contribution in [1.82, 2.24) is 4.90 Å². The average molecular weight is 139 g/mol. The molecule has 0 saturated carbocycles. The molecule has 0 aliphatic carbocycles. The third-order valence-electron chi connectivity index (χ3n) is 1.39. The summed E-state index contributed by atoms with van der Waals surface area (Å²) < 4.78 is 5.05. The molecule has 0 amide bonds. The summed E-state index contributed by atoms with van der Waals surface area (Å²) in [6.45, 7) is 4.34. The first-order valence-corrected chi connectivity index (χ1v) is 3.23. The molecule has 0 aromatic heterocycles. The average Bonchev–Trinajstić information content (AvgIpc) is 2.36. The van der Waals surface area contributed by atoms with E-state index in [0.717, 1.165) is 13.1 Å². The van der Waals surface area contributed by atoms with Crippen LogP contribution < -0.4 is 0 Å². The Labute approximate surface area is 59.7 Å². The highest BCUT2D eigenvalue weighted by molar-refractivity contribution is 5.76. The first-order chi connectivity index (χ1) is 4.88. The lowest BCUT2D eigenvalue weighted by molar-refractivity contribution is 0.352. The summed E-state index contributed by atoms with van der Waals surface area (Å²) >= 11 is 0. The summed E-state index contributed by atoms with van der Waals surface area (Å²) in [5.74, 6) is 0. The number of amidine groups is 1. The molecule has 0 N–H and O–H groups in total. The fraction of sp³-hybridized carbons (Fsp3) is 0.667. The summed E-state index contributed by atoms with van der Waals surface area (Å²) in [4.78, 5) is 5.42. The molecule has 0 spiro atoms. The second kappa shape index (κ2) is 3.06. The van der Waals surface area contributed by atoms with Gasteiger partial charge in [-0.3, -0.25) is 0 Å². The fourth-order valence-electron chi connectivity index (χ4n) is 0.873. The van der Waals surface area contributed by atoms with E-state index < -0.39 is 0 Å². The van der Waals surface area contributed by atoms with E-state index in [1.54, 1.807) is 6.19 Å². The molecule has 54 valence electrons. The van der Waals surface area contributed by atoms with Crippen LogP contribution in [0.4, 0.5) is 0 Å². The number of hydrogen-bond acceptors (Lipinski definition) is 3. The Morgan fingerprint density at radius 3 is 3.30 bits per heavy atom. The number of hydrogen-bond donors (Lipinski definition) is 0. The van der Waals surface area contributed by atoms with Crippen LogP contribution in [-0.2, 0) is 4.74 Å². The van der Waals surface area contributed by atoms with Crippen LogP contribution in [0.25, 0.3) is 0 Å². The van der Waals surface area contributed by atoms with Crippen LogP contribution in [0.5, 0.6) is 0 Å². The first-order valence-electron chi connectivity index (χ1n) is 3.23. The second-order valence-electron chi connectivity index (χ2n) is 1.92. The zero-order valence-corrected chi connectivity index (χ0v) is 5.87. The van der Waals surface area contributed by atoms with Gasteiger partial charge >= 0.3 is 6.02 Å². The molecule has 0 radical (unpaired) electrons. The van der Waals surface area contributed by atoms with Crippen molar-refractivity contribution in [2.75, 3.05) is 19.7 Å². The van der Waals surface area contributed by atoms with Crippen molar-refractivity contribution in [2.45, 2.75) is 6.92 Å². The van der Waals surface area contributed by atoms with Crippen molar-refractivity contribution in [1.29, 1.82) is 5.26 Å². The molecule has 10 heavy (non-hydrogen) atoms. The van der Waals surface area contributed by atoms with E-state index >= 15 is 0 Å². The van der Waals surface area contributed by atoms with Gasteiger partial charge in [0.25, 0.3) is 0 Å². The third-order valence-corrected chi connectivity index (χ3v) is 1.39. The molecular formula is C6H9N3O. The van der Waals surface area contributed by atoms with Crippen LogP contribution in [0, 0.1) is 11.5 Å². The molecule has 1 heterocycles. The lowest BCUT2D eigenvalue weighted by atomic mass is 10.6. The maximum Gasteiger partial charge on any atom is 0.302 e. The van der Waals surface area contributed by atoms with Gasteiger partial charge in [0, 0.05) is 6.54 Å². The van der Waals surface area contributed by atoms with E-state index in [-0.39, 0.29) is 0 Å². The normalized spacial score (nSPS) is 20.8. The van der Waals surface area contributed by atoms with E-state index in [2.05, 4.69) is 4.99 Å².